The van der Waals surface area contributed by atoms with Crippen LogP contribution in [0.3, 0.4) is 0 Å². The van der Waals surface area contributed by atoms with Crippen LogP contribution in [0.25, 0.3) is 0 Å². The van der Waals surface area contributed by atoms with Crippen LogP contribution in [0, 0.1) is 0 Å². The first-order valence-electron chi connectivity index (χ1n) is 6.05. The smallest absolute Gasteiger partial charge is 0.323 e. The van der Waals surface area contributed by atoms with E-state index in [1.807, 2.05) is 18.2 Å². The van der Waals surface area contributed by atoms with Gasteiger partial charge < -0.3 is 15.4 Å². The summed E-state index contributed by atoms with van der Waals surface area (Å²) < 4.78 is 4.94. The predicted molar refractivity (Wildman–Crippen MR) is 76.8 cm³/mol. The van der Waals surface area contributed by atoms with Crippen molar-refractivity contribution < 1.29 is 14.3 Å². The Labute approximate surface area is 116 Å². The molecule has 2 rings (SSSR count). The number of nitrogens with one attached hydrogen (secondary N) is 2. The third-order valence-corrected chi connectivity index (χ3v) is 2.39. The van der Waals surface area contributed by atoms with Gasteiger partial charge in [0.05, 0.1) is 0 Å². The molecule has 0 aliphatic carbocycles. The Kier molecular flexibility index (Phi) is 4.34. The van der Waals surface area contributed by atoms with Gasteiger partial charge in [-0.2, -0.15) is 0 Å². The molecule has 0 atom stereocenters. The van der Waals surface area contributed by atoms with E-state index in [1.165, 1.54) is 6.92 Å². The summed E-state index contributed by atoms with van der Waals surface area (Å²) in [5.74, 6) is -0.0223. The Morgan fingerprint density at radius 1 is 0.900 bits per heavy atom. The highest BCUT2D eigenvalue weighted by Gasteiger charge is 2.04. The van der Waals surface area contributed by atoms with E-state index >= 15 is 0 Å². The number of carbonyl (C=O) groups excluding carboxylic acids is 2. The van der Waals surface area contributed by atoms with Crippen LogP contribution in [-0.2, 0) is 4.79 Å². The van der Waals surface area contributed by atoms with Crippen molar-refractivity contribution in [2.75, 3.05) is 10.6 Å². The van der Waals surface area contributed by atoms with E-state index in [0.29, 0.717) is 17.1 Å². The van der Waals surface area contributed by atoms with E-state index in [1.54, 1.807) is 36.4 Å². The van der Waals surface area contributed by atoms with E-state index < -0.39 is 5.97 Å². The summed E-state index contributed by atoms with van der Waals surface area (Å²) >= 11 is 0. The first kappa shape index (κ1) is 13.6. The highest BCUT2D eigenvalue weighted by Crippen LogP contribution is 2.17. The molecule has 20 heavy (non-hydrogen) atoms. The Morgan fingerprint density at radius 3 is 2.25 bits per heavy atom. The highest BCUT2D eigenvalue weighted by atomic mass is 16.5. The number of urea groups is 1. The zero-order chi connectivity index (χ0) is 14.4. The van der Waals surface area contributed by atoms with E-state index in [0.717, 1.165) is 0 Å². The molecule has 0 aliphatic rings. The van der Waals surface area contributed by atoms with Crippen LogP contribution in [0.15, 0.2) is 54.6 Å². The molecule has 0 heterocycles. The van der Waals surface area contributed by atoms with E-state index in [4.69, 9.17) is 4.74 Å². The lowest BCUT2D eigenvalue weighted by Gasteiger charge is -2.08. The second kappa shape index (κ2) is 6.38. The monoisotopic (exact) mass is 270 g/mol. The van der Waals surface area contributed by atoms with Crippen molar-refractivity contribution in [2.24, 2.45) is 0 Å². The molecule has 0 radical (unpaired) electrons. The molecule has 0 saturated carbocycles. The predicted octanol–water partition coefficient (Wildman–Crippen LogP) is 3.26. The SMILES string of the molecule is CC(=O)Oc1cccc(NC(=O)Nc2ccccc2)c1. The third-order valence-electron chi connectivity index (χ3n) is 2.39. The average molecular weight is 270 g/mol. The Bertz CT molecular complexity index is 612. The average Bonchev–Trinajstić information content (AvgIpc) is 2.39. The number of anilines is 2. The minimum atomic E-state index is -0.407. The summed E-state index contributed by atoms with van der Waals surface area (Å²) in [6.07, 6.45) is 0. The normalized spacial score (nSPS) is 9.65. The van der Waals surface area contributed by atoms with Gasteiger partial charge in [-0.15, -0.1) is 0 Å². The number of ether oxygens (including phenoxy) is 1. The molecule has 0 fully saturated rings. The van der Waals surface area contributed by atoms with Gasteiger partial charge in [-0.05, 0) is 24.3 Å². The van der Waals surface area contributed by atoms with Gasteiger partial charge in [0.2, 0.25) is 0 Å². The fourth-order valence-corrected chi connectivity index (χ4v) is 1.62. The Hall–Kier alpha value is -2.82. The molecular formula is C15H14N2O3. The van der Waals surface area contributed by atoms with Crippen molar-refractivity contribution in [3.63, 3.8) is 0 Å². The number of hydrogen-bond acceptors (Lipinski definition) is 3. The van der Waals surface area contributed by atoms with Gasteiger partial charge in [0.25, 0.3) is 0 Å². The zero-order valence-corrected chi connectivity index (χ0v) is 10.9. The van der Waals surface area contributed by atoms with Crippen molar-refractivity contribution in [2.45, 2.75) is 6.92 Å². The highest BCUT2D eigenvalue weighted by molar-refractivity contribution is 5.99. The molecule has 0 spiro atoms. The first-order valence-corrected chi connectivity index (χ1v) is 6.05. The lowest BCUT2D eigenvalue weighted by Crippen LogP contribution is -2.19. The number of hydrogen-bond donors (Lipinski definition) is 2. The molecule has 5 nitrogen and oxygen atoms in total. The summed E-state index contributed by atoms with van der Waals surface area (Å²) in [5, 5.41) is 5.36. The molecule has 2 amide bonds. The maximum Gasteiger partial charge on any atom is 0.323 e. The quantitative estimate of drug-likeness (QED) is 0.664. The molecular weight excluding hydrogens is 256 g/mol. The van der Waals surface area contributed by atoms with E-state index in [9.17, 15) is 9.59 Å². The molecule has 5 heteroatoms. The second-order valence-electron chi connectivity index (χ2n) is 4.07. The van der Waals surface area contributed by atoms with Crippen LogP contribution in [0.4, 0.5) is 16.2 Å². The summed E-state index contributed by atoms with van der Waals surface area (Å²) in [6.45, 7) is 1.32. The number of rotatable bonds is 3. The fraction of sp³-hybridized carbons (Fsp3) is 0.0667. The zero-order valence-electron chi connectivity index (χ0n) is 10.9. The minimum absolute atomic E-state index is 0.365. The van der Waals surface area contributed by atoms with Gasteiger partial charge in [-0.25, -0.2) is 4.79 Å². The molecule has 2 aromatic carbocycles. The number of benzene rings is 2. The van der Waals surface area contributed by atoms with Gasteiger partial charge in [0.15, 0.2) is 0 Å². The van der Waals surface area contributed by atoms with Gasteiger partial charge in [-0.1, -0.05) is 24.3 Å². The molecule has 2 aromatic rings. The first-order chi connectivity index (χ1) is 9.63. The maximum atomic E-state index is 11.8. The van der Waals surface area contributed by atoms with Crippen LogP contribution < -0.4 is 15.4 Å². The summed E-state index contributed by atoms with van der Waals surface area (Å²) in [6, 6.07) is 15.3. The Morgan fingerprint density at radius 2 is 1.55 bits per heavy atom. The number of esters is 1. The van der Waals surface area contributed by atoms with Gasteiger partial charge in [0, 0.05) is 24.4 Å². The largest absolute Gasteiger partial charge is 0.427 e. The van der Waals surface area contributed by atoms with Crippen molar-refractivity contribution in [1.29, 1.82) is 0 Å². The summed E-state index contributed by atoms with van der Waals surface area (Å²) in [5.41, 5.74) is 1.23. The molecule has 2 N–H and O–H groups in total. The van der Waals surface area contributed by atoms with Crippen LogP contribution in [0.2, 0.25) is 0 Å². The minimum Gasteiger partial charge on any atom is -0.427 e. The van der Waals surface area contributed by atoms with E-state index in [2.05, 4.69) is 10.6 Å². The molecule has 0 unspecified atom stereocenters. The molecule has 102 valence electrons. The van der Waals surface area contributed by atoms with Crippen molar-refractivity contribution >= 4 is 23.4 Å². The van der Waals surface area contributed by atoms with E-state index in [-0.39, 0.29) is 6.03 Å². The van der Waals surface area contributed by atoms with Crippen molar-refractivity contribution in [1.82, 2.24) is 0 Å². The van der Waals surface area contributed by atoms with Gasteiger partial charge in [0.1, 0.15) is 5.75 Å². The van der Waals surface area contributed by atoms with Crippen molar-refractivity contribution in [3.8, 4) is 5.75 Å². The number of carbonyl (C=O) groups is 2. The third kappa shape index (κ3) is 4.13. The van der Waals surface area contributed by atoms with Gasteiger partial charge in [-0.3, -0.25) is 4.79 Å². The molecule has 0 aliphatic heterocycles. The Balaban J connectivity index is 1.99. The lowest BCUT2D eigenvalue weighted by molar-refractivity contribution is -0.131. The topological polar surface area (TPSA) is 67.4 Å². The lowest BCUT2D eigenvalue weighted by atomic mass is 10.3. The second-order valence-corrected chi connectivity index (χ2v) is 4.07. The molecule has 0 saturated heterocycles. The maximum absolute atomic E-state index is 11.8. The van der Waals surface area contributed by atoms with Crippen LogP contribution >= 0.6 is 0 Å². The number of amides is 2. The number of para-hydroxylation sites is 1. The molecule has 0 aromatic heterocycles. The fourth-order valence-electron chi connectivity index (χ4n) is 1.62. The summed E-state index contributed by atoms with van der Waals surface area (Å²) in [4.78, 5) is 22.7. The summed E-state index contributed by atoms with van der Waals surface area (Å²) in [7, 11) is 0. The standard InChI is InChI=1S/C15H14N2O3/c1-11(18)20-14-9-5-8-13(10-14)17-15(19)16-12-6-3-2-4-7-12/h2-10H,1H3,(H2,16,17,19). The van der Waals surface area contributed by atoms with Crippen LogP contribution in [0.5, 0.6) is 5.75 Å². The van der Waals surface area contributed by atoms with Gasteiger partial charge >= 0.3 is 12.0 Å². The van der Waals surface area contributed by atoms with Crippen molar-refractivity contribution in [3.05, 3.63) is 54.6 Å². The van der Waals surface area contributed by atoms with Crippen LogP contribution in [0.1, 0.15) is 6.92 Å². The van der Waals surface area contributed by atoms with Crippen LogP contribution in [-0.4, -0.2) is 12.0 Å². The molecule has 0 bridgehead atoms.